The molecule has 35 heavy (non-hydrogen) atoms. The minimum absolute atomic E-state index is 0.0875. The first-order valence-electron chi connectivity index (χ1n) is 11.2. The number of rotatable bonds is 5. The summed E-state index contributed by atoms with van der Waals surface area (Å²) in [6.45, 7) is 2.89. The summed E-state index contributed by atoms with van der Waals surface area (Å²) in [4.78, 5) is 46.9. The van der Waals surface area contributed by atoms with Crippen LogP contribution in [0.25, 0.3) is 10.9 Å². The lowest BCUT2D eigenvalue weighted by atomic mass is 9.99. The molecule has 0 unspecified atom stereocenters. The zero-order valence-electron chi connectivity index (χ0n) is 19.3. The van der Waals surface area contributed by atoms with Crippen molar-refractivity contribution in [2.24, 2.45) is 4.99 Å². The third-order valence-corrected chi connectivity index (χ3v) is 6.11. The minimum atomic E-state index is -1.57. The van der Waals surface area contributed by atoms with Gasteiger partial charge in [0, 0.05) is 53.1 Å². The van der Waals surface area contributed by atoms with Gasteiger partial charge >= 0.3 is 6.03 Å². The lowest BCUT2D eigenvalue weighted by molar-refractivity contribution is -0.122. The number of amides is 4. The number of hydrogen-bond acceptors (Lipinski definition) is 5. The van der Waals surface area contributed by atoms with Crippen LogP contribution in [0.3, 0.4) is 0 Å². The van der Waals surface area contributed by atoms with E-state index in [1.165, 1.54) is 12.0 Å². The van der Waals surface area contributed by atoms with Crippen molar-refractivity contribution in [1.29, 1.82) is 0 Å². The second-order valence-corrected chi connectivity index (χ2v) is 8.38. The van der Waals surface area contributed by atoms with Crippen LogP contribution in [0.5, 0.6) is 5.75 Å². The van der Waals surface area contributed by atoms with E-state index >= 15 is 0 Å². The molecule has 0 radical (unpaired) electrons. The molecule has 1 atom stereocenters. The Bertz CT molecular complexity index is 1460. The number of aliphatic imine (C=N–C) groups is 1. The summed E-state index contributed by atoms with van der Waals surface area (Å²) in [6.07, 6.45) is 3.69. The van der Waals surface area contributed by atoms with Gasteiger partial charge in [-0.15, -0.1) is 0 Å². The molecule has 0 bridgehead atoms. The molecule has 0 aliphatic carbocycles. The molecule has 1 aromatic heterocycles. The van der Waals surface area contributed by atoms with Gasteiger partial charge in [-0.05, 0) is 36.8 Å². The van der Waals surface area contributed by atoms with Crippen LogP contribution in [0.4, 0.5) is 4.79 Å². The number of urea groups is 1. The Balaban J connectivity index is 1.45. The van der Waals surface area contributed by atoms with Crippen molar-refractivity contribution in [1.82, 2.24) is 20.5 Å². The second kappa shape index (κ2) is 8.65. The van der Waals surface area contributed by atoms with E-state index in [9.17, 15) is 14.4 Å². The fraction of sp³-hybridized carbons (Fsp3) is 0.231. The quantitative estimate of drug-likeness (QED) is 0.302. The molecule has 9 heteroatoms. The zero-order chi connectivity index (χ0) is 24.6. The Hall–Kier alpha value is -4.58. The van der Waals surface area contributed by atoms with Crippen LogP contribution >= 0.6 is 0 Å². The summed E-state index contributed by atoms with van der Waals surface area (Å²) in [5.41, 5.74) is 2.28. The number of nitrogens with zero attached hydrogens (tertiary/aromatic N) is 2. The van der Waals surface area contributed by atoms with Gasteiger partial charge in [-0.1, -0.05) is 24.0 Å². The fourth-order valence-corrected chi connectivity index (χ4v) is 4.31. The normalized spacial score (nSPS) is 19.0. The number of carbonyl (C=O) groups excluding carboxylic acids is 3. The molecule has 0 spiro atoms. The summed E-state index contributed by atoms with van der Waals surface area (Å²) < 4.78 is 5.22. The van der Waals surface area contributed by atoms with Gasteiger partial charge in [0.15, 0.2) is 0 Å². The highest BCUT2D eigenvalue weighted by molar-refractivity contribution is 6.10. The second-order valence-electron chi connectivity index (χ2n) is 8.38. The maximum atomic E-state index is 13.0. The number of methoxy groups -OCH3 is 1. The van der Waals surface area contributed by atoms with Crippen LogP contribution in [0.2, 0.25) is 0 Å². The molecule has 1 saturated heterocycles. The van der Waals surface area contributed by atoms with Gasteiger partial charge in [0.1, 0.15) is 5.75 Å². The van der Waals surface area contributed by atoms with E-state index < -0.39 is 17.5 Å². The van der Waals surface area contributed by atoms with Crippen molar-refractivity contribution in [2.45, 2.75) is 19.0 Å². The maximum Gasteiger partial charge on any atom is 0.323 e. The molecule has 3 N–H and O–H groups in total. The third kappa shape index (κ3) is 3.99. The molecular formula is C26H23N5O4. The van der Waals surface area contributed by atoms with Crippen LogP contribution in [0.15, 0.2) is 47.6 Å². The first-order valence-corrected chi connectivity index (χ1v) is 11.2. The van der Waals surface area contributed by atoms with E-state index in [1.807, 2.05) is 43.6 Å². The average molecular weight is 470 g/mol. The molecule has 3 heterocycles. The number of fused-ring (bicyclic) bond motifs is 2. The number of hydrogen-bond donors (Lipinski definition) is 3. The zero-order valence-corrected chi connectivity index (χ0v) is 19.3. The van der Waals surface area contributed by atoms with Crippen molar-refractivity contribution in [3.63, 3.8) is 0 Å². The van der Waals surface area contributed by atoms with E-state index in [1.54, 1.807) is 12.1 Å². The highest BCUT2D eigenvalue weighted by Gasteiger charge is 2.48. The van der Waals surface area contributed by atoms with E-state index in [4.69, 9.17) is 4.74 Å². The molecule has 9 nitrogen and oxygen atoms in total. The molecular weight excluding hydrogens is 446 g/mol. The summed E-state index contributed by atoms with van der Waals surface area (Å²) >= 11 is 0. The molecule has 0 saturated carbocycles. The first-order chi connectivity index (χ1) is 16.9. The van der Waals surface area contributed by atoms with Gasteiger partial charge in [0.25, 0.3) is 11.8 Å². The third-order valence-electron chi connectivity index (χ3n) is 6.11. The Morgan fingerprint density at radius 3 is 2.80 bits per heavy atom. The molecule has 1 fully saturated rings. The predicted octanol–water partition coefficient (Wildman–Crippen LogP) is 2.20. The van der Waals surface area contributed by atoms with Gasteiger partial charge in [0.2, 0.25) is 5.54 Å². The molecule has 3 aromatic rings. The van der Waals surface area contributed by atoms with E-state index in [0.717, 1.165) is 22.0 Å². The fourth-order valence-electron chi connectivity index (χ4n) is 4.31. The van der Waals surface area contributed by atoms with E-state index in [0.29, 0.717) is 30.0 Å². The van der Waals surface area contributed by atoms with Crippen molar-refractivity contribution < 1.29 is 19.1 Å². The first kappa shape index (κ1) is 22.2. The molecule has 4 amide bonds. The van der Waals surface area contributed by atoms with Crippen LogP contribution < -0.4 is 15.4 Å². The van der Waals surface area contributed by atoms with Crippen molar-refractivity contribution >= 4 is 35.0 Å². The van der Waals surface area contributed by atoms with Gasteiger partial charge in [0.05, 0.1) is 13.7 Å². The molecule has 2 aliphatic rings. The SMILES string of the molecule is CCN=Cc1c[nH]c2cc(C#C[C@]3(CN4Cc5ccc(OC)cc5C4=O)NC(=O)NC3=O)ccc12. The molecule has 2 aromatic carbocycles. The highest BCUT2D eigenvalue weighted by atomic mass is 16.5. The monoisotopic (exact) mass is 469 g/mol. The van der Waals surface area contributed by atoms with Gasteiger partial charge in [-0.2, -0.15) is 0 Å². The summed E-state index contributed by atoms with van der Waals surface area (Å²) in [7, 11) is 1.53. The lowest BCUT2D eigenvalue weighted by Gasteiger charge is -2.26. The van der Waals surface area contributed by atoms with Crippen LogP contribution in [0, 0.1) is 11.8 Å². The summed E-state index contributed by atoms with van der Waals surface area (Å²) in [5, 5.41) is 5.89. The summed E-state index contributed by atoms with van der Waals surface area (Å²) in [5.74, 6) is 5.69. The van der Waals surface area contributed by atoms with Crippen LogP contribution in [0.1, 0.15) is 34.0 Å². The van der Waals surface area contributed by atoms with Crippen LogP contribution in [-0.4, -0.2) is 59.7 Å². The Labute approximate surface area is 201 Å². The molecule has 176 valence electrons. The van der Waals surface area contributed by atoms with Crippen LogP contribution in [-0.2, 0) is 11.3 Å². The average Bonchev–Trinajstić information content (AvgIpc) is 3.49. The predicted molar refractivity (Wildman–Crippen MR) is 130 cm³/mol. The largest absolute Gasteiger partial charge is 0.497 e. The minimum Gasteiger partial charge on any atom is -0.497 e. The number of carbonyl (C=O) groups is 3. The smallest absolute Gasteiger partial charge is 0.323 e. The van der Waals surface area contributed by atoms with Gasteiger partial charge in [-0.25, -0.2) is 4.79 Å². The van der Waals surface area contributed by atoms with Crippen molar-refractivity contribution in [3.8, 4) is 17.6 Å². The van der Waals surface area contributed by atoms with E-state index in [2.05, 4.69) is 32.5 Å². The number of imide groups is 1. The molecule has 2 aliphatic heterocycles. The Morgan fingerprint density at radius 1 is 1.20 bits per heavy atom. The summed E-state index contributed by atoms with van der Waals surface area (Å²) in [6, 6.07) is 10.3. The van der Waals surface area contributed by atoms with E-state index in [-0.39, 0.29) is 12.5 Å². The topological polar surface area (TPSA) is 116 Å². The number of nitrogens with one attached hydrogen (secondary N) is 3. The Kier molecular flexibility index (Phi) is 5.49. The maximum absolute atomic E-state index is 13.0. The lowest BCUT2D eigenvalue weighted by Crippen LogP contribution is -2.54. The number of benzene rings is 2. The van der Waals surface area contributed by atoms with Gasteiger partial charge < -0.3 is 19.9 Å². The van der Waals surface area contributed by atoms with Crippen molar-refractivity contribution in [3.05, 3.63) is 64.8 Å². The highest BCUT2D eigenvalue weighted by Crippen LogP contribution is 2.28. The van der Waals surface area contributed by atoms with Crippen molar-refractivity contribution in [2.75, 3.05) is 20.2 Å². The number of H-pyrrole nitrogens is 1. The molecule has 5 rings (SSSR count). The number of aromatic nitrogens is 1. The number of aromatic amines is 1. The Morgan fingerprint density at radius 2 is 2.06 bits per heavy atom. The van der Waals surface area contributed by atoms with Gasteiger partial charge in [-0.3, -0.25) is 19.9 Å². The number of ether oxygens (including phenoxy) is 1. The standard InChI is InChI=1S/C26H23N5O4/c1-3-27-12-18-13-28-22-10-16(4-7-20(18)22)8-9-26(24(33)29-25(34)30-26)15-31-14-17-5-6-19(35-2)11-21(17)23(31)32/h4-7,10-13,28H,3,14-15H2,1-2H3,(H2,29,30,33,34)/t26-/m1/s1.